The number of ether oxygens (including phenoxy) is 4. The molecule has 0 radical (unpaired) electrons. The summed E-state index contributed by atoms with van der Waals surface area (Å²) in [5.74, 6) is 2.59. The molecule has 6 nitrogen and oxygen atoms in total. The number of hydrogen-bond acceptors (Lipinski definition) is 6. The molecule has 0 heterocycles. The molecule has 29 heavy (non-hydrogen) atoms. The first-order chi connectivity index (χ1) is 13.9. The number of hydrogen-bond donors (Lipinski definition) is 1. The summed E-state index contributed by atoms with van der Waals surface area (Å²) in [4.78, 5) is 13.5. The zero-order valence-electron chi connectivity index (χ0n) is 17.8. The largest absolute Gasteiger partial charge is 0.493 e. The van der Waals surface area contributed by atoms with Gasteiger partial charge < -0.3 is 24.3 Å². The number of carbonyl (C=O) groups excluding carboxylic acids is 1. The Morgan fingerprint density at radius 3 is 2.14 bits per heavy atom. The molecule has 158 valence electrons. The van der Waals surface area contributed by atoms with Crippen LogP contribution in [0.5, 0.6) is 23.0 Å². The van der Waals surface area contributed by atoms with E-state index in [1.165, 1.54) is 11.8 Å². The Balaban J connectivity index is 1.96. The lowest BCUT2D eigenvalue weighted by atomic mass is 10.2. The molecule has 1 amide bonds. The molecule has 0 unspecified atom stereocenters. The van der Waals surface area contributed by atoms with Crippen LogP contribution in [0.1, 0.15) is 26.3 Å². The van der Waals surface area contributed by atoms with Gasteiger partial charge >= 0.3 is 0 Å². The maximum absolute atomic E-state index is 12.5. The standard InChI is InChI=1S/C22H29NO5S/c1-14(2)28-19-9-7-16(11-20(19)26-5)13-23-22(24)15(3)29-17-8-10-18(25-4)21(12-17)27-6/h7-12,14-15H,13H2,1-6H3,(H,23,24)/t15-/m0/s1. The fourth-order valence-electron chi connectivity index (χ4n) is 2.65. The average molecular weight is 420 g/mol. The van der Waals surface area contributed by atoms with Crippen molar-refractivity contribution in [1.29, 1.82) is 0 Å². The predicted molar refractivity (Wildman–Crippen MR) is 115 cm³/mol. The first kappa shape index (κ1) is 22.7. The topological polar surface area (TPSA) is 66.0 Å². The molecule has 0 aliphatic heterocycles. The normalized spacial score (nSPS) is 11.7. The molecule has 2 aromatic carbocycles. The van der Waals surface area contributed by atoms with Crippen LogP contribution in [-0.2, 0) is 11.3 Å². The minimum atomic E-state index is -0.265. The van der Waals surface area contributed by atoms with Crippen LogP contribution < -0.4 is 24.3 Å². The Hall–Kier alpha value is -2.54. The fraction of sp³-hybridized carbons (Fsp3) is 0.409. The fourth-order valence-corrected chi connectivity index (χ4v) is 3.57. The summed E-state index contributed by atoms with van der Waals surface area (Å²) >= 11 is 1.46. The molecule has 1 N–H and O–H groups in total. The van der Waals surface area contributed by atoms with Gasteiger partial charge in [0.15, 0.2) is 23.0 Å². The maximum atomic E-state index is 12.5. The third-order valence-electron chi connectivity index (χ3n) is 4.09. The van der Waals surface area contributed by atoms with Gasteiger partial charge in [0.05, 0.1) is 32.7 Å². The number of thioether (sulfide) groups is 1. The summed E-state index contributed by atoms with van der Waals surface area (Å²) in [6.45, 7) is 6.21. The van der Waals surface area contributed by atoms with Crippen molar-refractivity contribution in [3.63, 3.8) is 0 Å². The highest BCUT2D eigenvalue weighted by Gasteiger charge is 2.16. The Kier molecular flexibility index (Phi) is 8.51. The van der Waals surface area contributed by atoms with Crippen molar-refractivity contribution in [2.24, 2.45) is 0 Å². The SMILES string of the molecule is COc1ccc(S[C@@H](C)C(=O)NCc2ccc(OC(C)C)c(OC)c2)cc1OC. The molecule has 0 aromatic heterocycles. The van der Waals surface area contributed by atoms with Gasteiger partial charge in [0.1, 0.15) is 0 Å². The van der Waals surface area contributed by atoms with E-state index in [0.717, 1.165) is 10.5 Å². The van der Waals surface area contributed by atoms with Gasteiger partial charge in [-0.25, -0.2) is 0 Å². The molecule has 0 spiro atoms. The quantitative estimate of drug-likeness (QED) is 0.580. The minimum absolute atomic E-state index is 0.0498. The van der Waals surface area contributed by atoms with Gasteiger partial charge in [-0.1, -0.05) is 6.07 Å². The lowest BCUT2D eigenvalue weighted by molar-refractivity contribution is -0.120. The molecular weight excluding hydrogens is 390 g/mol. The molecule has 0 aliphatic carbocycles. The number of carbonyl (C=O) groups is 1. The van der Waals surface area contributed by atoms with E-state index >= 15 is 0 Å². The third kappa shape index (κ3) is 6.49. The van der Waals surface area contributed by atoms with Crippen molar-refractivity contribution in [2.75, 3.05) is 21.3 Å². The molecule has 0 fully saturated rings. The highest BCUT2D eigenvalue weighted by atomic mass is 32.2. The zero-order valence-corrected chi connectivity index (χ0v) is 18.6. The molecule has 0 saturated carbocycles. The van der Waals surface area contributed by atoms with E-state index in [4.69, 9.17) is 18.9 Å². The monoisotopic (exact) mass is 419 g/mol. The van der Waals surface area contributed by atoms with Gasteiger partial charge in [-0.05, 0) is 56.7 Å². The van der Waals surface area contributed by atoms with E-state index in [-0.39, 0.29) is 17.3 Å². The Labute approximate surface area is 176 Å². The van der Waals surface area contributed by atoms with Crippen molar-refractivity contribution in [3.8, 4) is 23.0 Å². The summed E-state index contributed by atoms with van der Waals surface area (Å²) in [5.41, 5.74) is 0.939. The number of benzene rings is 2. The van der Waals surface area contributed by atoms with E-state index in [2.05, 4.69) is 5.32 Å². The van der Waals surface area contributed by atoms with Crippen LogP contribution in [0, 0.1) is 0 Å². The second-order valence-electron chi connectivity index (χ2n) is 6.65. The average Bonchev–Trinajstić information content (AvgIpc) is 2.72. The predicted octanol–water partition coefficient (Wildman–Crippen LogP) is 4.30. The number of methoxy groups -OCH3 is 3. The van der Waals surface area contributed by atoms with Crippen molar-refractivity contribution < 1.29 is 23.7 Å². The number of rotatable bonds is 10. The maximum Gasteiger partial charge on any atom is 0.233 e. The van der Waals surface area contributed by atoms with Crippen LogP contribution in [0.3, 0.4) is 0 Å². The number of nitrogens with one attached hydrogen (secondary N) is 1. The van der Waals surface area contributed by atoms with E-state index in [9.17, 15) is 4.79 Å². The Morgan fingerprint density at radius 1 is 0.897 bits per heavy atom. The van der Waals surface area contributed by atoms with Gasteiger partial charge in [0, 0.05) is 11.4 Å². The zero-order chi connectivity index (χ0) is 21.4. The lowest BCUT2D eigenvalue weighted by Crippen LogP contribution is -2.30. The summed E-state index contributed by atoms with van der Waals surface area (Å²) in [7, 11) is 4.79. The third-order valence-corrected chi connectivity index (χ3v) is 5.19. The lowest BCUT2D eigenvalue weighted by Gasteiger charge is -2.16. The summed E-state index contributed by atoms with van der Waals surface area (Å²) in [6.07, 6.45) is 0.0592. The van der Waals surface area contributed by atoms with Crippen LogP contribution in [0.15, 0.2) is 41.3 Å². The summed E-state index contributed by atoms with van der Waals surface area (Å²) in [6, 6.07) is 11.3. The second-order valence-corrected chi connectivity index (χ2v) is 8.06. The minimum Gasteiger partial charge on any atom is -0.493 e. The van der Waals surface area contributed by atoms with Crippen molar-refractivity contribution in [1.82, 2.24) is 5.32 Å². The smallest absolute Gasteiger partial charge is 0.233 e. The van der Waals surface area contributed by atoms with Gasteiger partial charge in [0.25, 0.3) is 0 Å². The molecule has 0 aliphatic rings. The van der Waals surface area contributed by atoms with E-state index in [0.29, 0.717) is 29.5 Å². The first-order valence-corrected chi connectivity index (χ1v) is 10.3. The van der Waals surface area contributed by atoms with E-state index < -0.39 is 0 Å². The van der Waals surface area contributed by atoms with Crippen LogP contribution in [-0.4, -0.2) is 38.6 Å². The van der Waals surface area contributed by atoms with E-state index in [1.54, 1.807) is 21.3 Å². The van der Waals surface area contributed by atoms with Gasteiger partial charge in [-0.3, -0.25) is 4.79 Å². The second kappa shape index (κ2) is 10.9. The molecule has 7 heteroatoms. The summed E-state index contributed by atoms with van der Waals surface area (Å²) < 4.78 is 21.7. The molecule has 0 bridgehead atoms. The van der Waals surface area contributed by atoms with Crippen LogP contribution in [0.25, 0.3) is 0 Å². The van der Waals surface area contributed by atoms with Crippen LogP contribution >= 0.6 is 11.8 Å². The molecule has 2 rings (SSSR count). The molecule has 2 aromatic rings. The first-order valence-electron chi connectivity index (χ1n) is 9.37. The molecule has 1 atom stereocenters. The van der Waals surface area contributed by atoms with Gasteiger partial charge in [-0.2, -0.15) is 0 Å². The van der Waals surface area contributed by atoms with Crippen LogP contribution in [0.4, 0.5) is 0 Å². The van der Waals surface area contributed by atoms with Crippen LogP contribution in [0.2, 0.25) is 0 Å². The Morgan fingerprint density at radius 2 is 1.52 bits per heavy atom. The van der Waals surface area contributed by atoms with Crippen molar-refractivity contribution in [2.45, 2.75) is 43.6 Å². The van der Waals surface area contributed by atoms with Crippen molar-refractivity contribution in [3.05, 3.63) is 42.0 Å². The summed E-state index contributed by atoms with van der Waals surface area (Å²) in [5, 5.41) is 2.70. The Bertz CT molecular complexity index is 825. The van der Waals surface area contributed by atoms with Gasteiger partial charge in [0.2, 0.25) is 5.91 Å². The number of amides is 1. The highest BCUT2D eigenvalue weighted by Crippen LogP contribution is 2.33. The molecular formula is C22H29NO5S. The van der Waals surface area contributed by atoms with Gasteiger partial charge in [-0.15, -0.1) is 11.8 Å². The van der Waals surface area contributed by atoms with E-state index in [1.807, 2.05) is 57.2 Å². The highest BCUT2D eigenvalue weighted by molar-refractivity contribution is 8.00. The molecule has 0 saturated heterocycles. The van der Waals surface area contributed by atoms with Crippen molar-refractivity contribution >= 4 is 17.7 Å².